The lowest BCUT2D eigenvalue weighted by molar-refractivity contribution is -0.168. The second-order valence-corrected chi connectivity index (χ2v) is 1.97. The fraction of sp³-hybridized carbons (Fsp3) is 0.250. The molecular formula is C4H3F3N4O2. The van der Waals surface area contributed by atoms with Crippen molar-refractivity contribution in [3.05, 3.63) is 16.8 Å². The molecule has 0 saturated carbocycles. The van der Waals surface area contributed by atoms with E-state index in [2.05, 4.69) is 5.10 Å². The van der Waals surface area contributed by atoms with Gasteiger partial charge in [0.05, 0.1) is 0 Å². The molecule has 1 rings (SSSR count). The number of carbonyl (C=O) groups is 1. The van der Waals surface area contributed by atoms with E-state index in [1.807, 2.05) is 0 Å². The predicted molar refractivity (Wildman–Crippen MR) is 33.3 cm³/mol. The predicted octanol–water partition coefficient (Wildman–Crippen LogP) is -0.796. The number of alkyl halides is 3. The van der Waals surface area contributed by atoms with Gasteiger partial charge in [0.25, 0.3) is 0 Å². The second kappa shape index (κ2) is 2.92. The topological polar surface area (TPSA) is 79.8 Å². The van der Waals surface area contributed by atoms with E-state index in [-0.39, 0.29) is 4.68 Å². The molecule has 0 bridgehead atoms. The van der Waals surface area contributed by atoms with Crippen molar-refractivity contribution in [1.29, 1.82) is 0 Å². The highest BCUT2D eigenvalue weighted by molar-refractivity contribution is 5.88. The number of aromatic amines is 1. The van der Waals surface area contributed by atoms with Crippen molar-refractivity contribution in [3.8, 4) is 0 Å². The van der Waals surface area contributed by atoms with E-state index in [1.165, 1.54) is 5.43 Å². The van der Waals surface area contributed by atoms with Crippen LogP contribution in [0.5, 0.6) is 0 Å². The number of hydrogen-bond acceptors (Lipinski definition) is 3. The molecule has 0 atom stereocenters. The molecule has 1 amide bonds. The molecule has 1 aromatic heterocycles. The fourth-order valence-electron chi connectivity index (χ4n) is 0.501. The van der Waals surface area contributed by atoms with E-state index in [0.29, 0.717) is 6.33 Å². The van der Waals surface area contributed by atoms with Crippen LogP contribution in [-0.4, -0.2) is 27.0 Å². The standard InChI is InChI=1S/C4H3F3N4O2/c5-4(6,7)2(12)10-11-1-8-9-3(11)13/h1H,(H,9,13)(H,10,12). The Morgan fingerprint density at radius 2 is 2.23 bits per heavy atom. The van der Waals surface area contributed by atoms with Crippen LogP contribution in [-0.2, 0) is 4.79 Å². The summed E-state index contributed by atoms with van der Waals surface area (Å²) in [5.41, 5.74) is 0.316. The zero-order valence-corrected chi connectivity index (χ0v) is 5.92. The molecule has 6 nitrogen and oxygen atoms in total. The lowest BCUT2D eigenvalue weighted by Crippen LogP contribution is -2.39. The molecule has 1 heterocycles. The molecular weight excluding hydrogens is 193 g/mol. The van der Waals surface area contributed by atoms with Crippen molar-refractivity contribution >= 4 is 5.91 Å². The van der Waals surface area contributed by atoms with Gasteiger partial charge in [-0.3, -0.25) is 4.79 Å². The average molecular weight is 196 g/mol. The number of aromatic nitrogens is 3. The van der Waals surface area contributed by atoms with Crippen LogP contribution in [0, 0.1) is 0 Å². The Kier molecular flexibility index (Phi) is 2.09. The number of halogens is 3. The Morgan fingerprint density at radius 1 is 1.62 bits per heavy atom. The molecule has 13 heavy (non-hydrogen) atoms. The Balaban J connectivity index is 2.77. The first kappa shape index (κ1) is 9.29. The summed E-state index contributed by atoms with van der Waals surface area (Å²) in [6.07, 6.45) is -4.32. The molecule has 0 fully saturated rings. The summed E-state index contributed by atoms with van der Waals surface area (Å²) in [6, 6.07) is 0. The molecule has 1 aromatic rings. The number of H-pyrrole nitrogens is 1. The number of carbonyl (C=O) groups excluding carboxylic acids is 1. The number of amides is 1. The summed E-state index contributed by atoms with van der Waals surface area (Å²) < 4.78 is 35.1. The first-order valence-electron chi connectivity index (χ1n) is 2.91. The highest BCUT2D eigenvalue weighted by Gasteiger charge is 2.39. The van der Waals surface area contributed by atoms with Crippen LogP contribution in [0.3, 0.4) is 0 Å². The number of hydrogen-bond donors (Lipinski definition) is 2. The van der Waals surface area contributed by atoms with Gasteiger partial charge in [0, 0.05) is 0 Å². The van der Waals surface area contributed by atoms with Gasteiger partial charge in [-0.2, -0.15) is 22.9 Å². The van der Waals surface area contributed by atoms with Crippen LogP contribution >= 0.6 is 0 Å². The zero-order chi connectivity index (χ0) is 10.1. The van der Waals surface area contributed by atoms with Gasteiger partial charge >= 0.3 is 17.8 Å². The maximum absolute atomic E-state index is 11.6. The van der Waals surface area contributed by atoms with E-state index < -0.39 is 17.8 Å². The van der Waals surface area contributed by atoms with E-state index in [4.69, 9.17) is 0 Å². The van der Waals surface area contributed by atoms with Crippen molar-refractivity contribution in [2.75, 3.05) is 5.43 Å². The van der Waals surface area contributed by atoms with Crippen LogP contribution in [0.4, 0.5) is 13.2 Å². The molecule has 72 valence electrons. The van der Waals surface area contributed by atoms with Crippen LogP contribution in [0.1, 0.15) is 0 Å². The minimum atomic E-state index is -5.03. The van der Waals surface area contributed by atoms with Gasteiger partial charge in [0.15, 0.2) is 0 Å². The van der Waals surface area contributed by atoms with Gasteiger partial charge in [0.1, 0.15) is 6.33 Å². The second-order valence-electron chi connectivity index (χ2n) is 1.97. The smallest absolute Gasteiger partial charge is 0.263 e. The van der Waals surface area contributed by atoms with Gasteiger partial charge < -0.3 is 0 Å². The third-order valence-corrected chi connectivity index (χ3v) is 1.03. The molecule has 0 aliphatic carbocycles. The number of nitrogens with one attached hydrogen (secondary N) is 2. The lowest BCUT2D eigenvalue weighted by Gasteiger charge is -2.05. The monoisotopic (exact) mass is 196 g/mol. The maximum Gasteiger partial charge on any atom is 0.472 e. The van der Waals surface area contributed by atoms with Crippen LogP contribution in [0.15, 0.2) is 11.1 Å². The van der Waals surface area contributed by atoms with E-state index >= 15 is 0 Å². The van der Waals surface area contributed by atoms with E-state index in [1.54, 1.807) is 5.10 Å². The average Bonchev–Trinajstić information content (AvgIpc) is 2.34. The van der Waals surface area contributed by atoms with Crippen molar-refractivity contribution < 1.29 is 18.0 Å². The van der Waals surface area contributed by atoms with Crippen LogP contribution in [0.2, 0.25) is 0 Å². The first-order chi connectivity index (χ1) is 5.91. The Hall–Kier alpha value is -1.80. The minimum Gasteiger partial charge on any atom is -0.263 e. The summed E-state index contributed by atoms with van der Waals surface area (Å²) in [5.74, 6) is -2.24. The minimum absolute atomic E-state index is 0.288. The molecule has 0 aromatic carbocycles. The quantitative estimate of drug-likeness (QED) is 0.617. The summed E-state index contributed by atoms with van der Waals surface area (Å²) in [5, 5.41) is 4.90. The molecule has 2 N–H and O–H groups in total. The summed E-state index contributed by atoms with van der Waals surface area (Å²) in [4.78, 5) is 20.8. The molecule has 0 radical (unpaired) electrons. The van der Waals surface area contributed by atoms with Gasteiger partial charge in [-0.25, -0.2) is 15.3 Å². The van der Waals surface area contributed by atoms with Gasteiger partial charge in [-0.15, -0.1) is 0 Å². The molecule has 0 aliphatic heterocycles. The Bertz CT molecular complexity index is 364. The van der Waals surface area contributed by atoms with Gasteiger partial charge in [-0.05, 0) is 0 Å². The SMILES string of the molecule is O=C(Nn1cn[nH]c1=O)C(F)(F)F. The lowest BCUT2D eigenvalue weighted by atomic mass is 10.6. The molecule has 0 spiro atoms. The third kappa shape index (κ3) is 2.07. The first-order valence-corrected chi connectivity index (χ1v) is 2.91. The Morgan fingerprint density at radius 3 is 2.62 bits per heavy atom. The summed E-state index contributed by atoms with van der Waals surface area (Å²) in [6.45, 7) is 0. The molecule has 0 saturated heterocycles. The zero-order valence-electron chi connectivity index (χ0n) is 5.92. The molecule has 0 unspecified atom stereocenters. The largest absolute Gasteiger partial charge is 0.472 e. The van der Waals surface area contributed by atoms with E-state index in [0.717, 1.165) is 0 Å². The van der Waals surface area contributed by atoms with Crippen molar-refractivity contribution in [1.82, 2.24) is 14.9 Å². The van der Waals surface area contributed by atoms with Crippen molar-refractivity contribution in [3.63, 3.8) is 0 Å². The van der Waals surface area contributed by atoms with Crippen LogP contribution < -0.4 is 11.1 Å². The van der Waals surface area contributed by atoms with Crippen molar-refractivity contribution in [2.45, 2.75) is 6.18 Å². The number of rotatable bonds is 1. The third-order valence-electron chi connectivity index (χ3n) is 1.03. The van der Waals surface area contributed by atoms with Crippen molar-refractivity contribution in [2.24, 2.45) is 0 Å². The Labute approximate surface area is 68.3 Å². The summed E-state index contributed by atoms with van der Waals surface area (Å²) in [7, 11) is 0. The van der Waals surface area contributed by atoms with Gasteiger partial charge in [-0.1, -0.05) is 0 Å². The highest BCUT2D eigenvalue weighted by Crippen LogP contribution is 2.14. The highest BCUT2D eigenvalue weighted by atomic mass is 19.4. The molecule has 0 aliphatic rings. The fourth-order valence-corrected chi connectivity index (χ4v) is 0.501. The molecule has 9 heteroatoms. The summed E-state index contributed by atoms with van der Waals surface area (Å²) >= 11 is 0. The number of nitrogens with zero attached hydrogens (tertiary/aromatic N) is 2. The van der Waals surface area contributed by atoms with E-state index in [9.17, 15) is 22.8 Å². The maximum atomic E-state index is 11.6. The van der Waals surface area contributed by atoms with Crippen LogP contribution in [0.25, 0.3) is 0 Å². The normalized spacial score (nSPS) is 11.3. The van der Waals surface area contributed by atoms with Gasteiger partial charge in [0.2, 0.25) is 0 Å².